The number of hydrogen-bond acceptors (Lipinski definition) is 5. The molecule has 7 heteroatoms. The molecule has 1 aromatic heterocycles. The Morgan fingerprint density at radius 1 is 0.697 bits per heavy atom. The zero-order valence-corrected chi connectivity index (χ0v) is 19.2. The lowest BCUT2D eigenvalue weighted by Gasteiger charge is -2.12. The zero-order valence-electron chi connectivity index (χ0n) is 19.2. The van der Waals surface area contributed by atoms with Gasteiger partial charge in [0.15, 0.2) is 23.0 Å². The molecule has 170 valence electrons. The van der Waals surface area contributed by atoms with E-state index in [9.17, 15) is 4.39 Å². The highest BCUT2D eigenvalue weighted by Gasteiger charge is 2.21. The number of rotatable bonds is 7. The van der Waals surface area contributed by atoms with E-state index in [4.69, 9.17) is 24.0 Å². The van der Waals surface area contributed by atoms with Gasteiger partial charge in [0.2, 0.25) is 0 Å². The Morgan fingerprint density at radius 3 is 1.85 bits per heavy atom. The first kappa shape index (κ1) is 22.2. The minimum Gasteiger partial charge on any atom is -0.493 e. The van der Waals surface area contributed by atoms with Gasteiger partial charge in [-0.3, -0.25) is 0 Å². The Kier molecular flexibility index (Phi) is 6.22. The minimum atomic E-state index is -0.341. The molecule has 33 heavy (non-hydrogen) atoms. The van der Waals surface area contributed by atoms with Crippen molar-refractivity contribution in [1.29, 1.82) is 0 Å². The Labute approximate surface area is 192 Å². The van der Waals surface area contributed by atoms with E-state index in [2.05, 4.69) is 0 Å². The first-order valence-electron chi connectivity index (χ1n) is 10.3. The van der Waals surface area contributed by atoms with E-state index in [-0.39, 0.29) is 5.82 Å². The first-order chi connectivity index (χ1) is 16.0. The van der Waals surface area contributed by atoms with Gasteiger partial charge in [-0.1, -0.05) is 6.07 Å². The normalized spacial score (nSPS) is 10.7. The maximum atomic E-state index is 14.1. The van der Waals surface area contributed by atoms with Crippen LogP contribution in [0.15, 0.2) is 60.7 Å². The van der Waals surface area contributed by atoms with Crippen LogP contribution in [-0.2, 0) is 0 Å². The van der Waals surface area contributed by atoms with E-state index in [1.807, 2.05) is 49.4 Å². The van der Waals surface area contributed by atoms with Crippen LogP contribution in [0, 0.1) is 12.7 Å². The summed E-state index contributed by atoms with van der Waals surface area (Å²) in [5, 5.41) is 4.88. The fourth-order valence-corrected chi connectivity index (χ4v) is 3.87. The lowest BCUT2D eigenvalue weighted by Crippen LogP contribution is -2.01. The van der Waals surface area contributed by atoms with Gasteiger partial charge >= 0.3 is 0 Å². The zero-order chi connectivity index (χ0) is 23.5. The van der Waals surface area contributed by atoms with Gasteiger partial charge in [0, 0.05) is 16.7 Å². The quantitative estimate of drug-likeness (QED) is 0.364. The van der Waals surface area contributed by atoms with Crippen LogP contribution in [0.4, 0.5) is 4.39 Å². The SMILES string of the molecule is COc1ccc(-c2nn(-c3cccc(F)c3)c(-c3ccc(OC)c(OC)c3)c2C)cc1OC. The molecular formula is C26H25FN2O4. The van der Waals surface area contributed by atoms with Gasteiger partial charge in [-0.2, -0.15) is 5.10 Å². The topological polar surface area (TPSA) is 54.7 Å². The van der Waals surface area contributed by atoms with Crippen LogP contribution in [0.2, 0.25) is 0 Å². The third-order valence-corrected chi connectivity index (χ3v) is 5.49. The van der Waals surface area contributed by atoms with Gasteiger partial charge in [-0.15, -0.1) is 0 Å². The van der Waals surface area contributed by atoms with Crippen molar-refractivity contribution in [3.05, 3.63) is 72.0 Å². The van der Waals surface area contributed by atoms with Crippen molar-refractivity contribution in [3.63, 3.8) is 0 Å². The van der Waals surface area contributed by atoms with Crippen molar-refractivity contribution in [3.8, 4) is 51.2 Å². The fourth-order valence-electron chi connectivity index (χ4n) is 3.87. The lowest BCUT2D eigenvalue weighted by atomic mass is 10.0. The fraction of sp³-hybridized carbons (Fsp3) is 0.192. The minimum absolute atomic E-state index is 0.341. The third-order valence-electron chi connectivity index (χ3n) is 5.49. The van der Waals surface area contributed by atoms with E-state index < -0.39 is 0 Å². The summed E-state index contributed by atoms with van der Waals surface area (Å²) in [6.45, 7) is 1.99. The number of methoxy groups -OCH3 is 4. The summed E-state index contributed by atoms with van der Waals surface area (Å²) in [7, 11) is 6.37. The molecule has 0 saturated carbocycles. The van der Waals surface area contributed by atoms with E-state index in [1.54, 1.807) is 39.2 Å². The summed E-state index contributed by atoms with van der Waals surface area (Å²) in [4.78, 5) is 0. The van der Waals surface area contributed by atoms with Gasteiger partial charge in [0.05, 0.1) is 45.5 Å². The molecule has 6 nitrogen and oxygen atoms in total. The van der Waals surface area contributed by atoms with Crippen LogP contribution in [-0.4, -0.2) is 38.2 Å². The molecule has 0 aliphatic rings. The monoisotopic (exact) mass is 448 g/mol. The van der Waals surface area contributed by atoms with Crippen LogP contribution in [0.1, 0.15) is 5.56 Å². The van der Waals surface area contributed by atoms with Gasteiger partial charge in [-0.25, -0.2) is 9.07 Å². The maximum Gasteiger partial charge on any atom is 0.161 e. The Bertz CT molecular complexity index is 1300. The van der Waals surface area contributed by atoms with Crippen LogP contribution in [0.25, 0.3) is 28.2 Å². The average Bonchev–Trinajstić information content (AvgIpc) is 3.20. The van der Waals surface area contributed by atoms with Crippen molar-refractivity contribution in [2.45, 2.75) is 6.92 Å². The number of aromatic nitrogens is 2. The van der Waals surface area contributed by atoms with Crippen molar-refractivity contribution in [1.82, 2.24) is 9.78 Å². The smallest absolute Gasteiger partial charge is 0.161 e. The molecule has 0 fully saturated rings. The summed E-state index contributed by atoms with van der Waals surface area (Å²) in [6.07, 6.45) is 0. The van der Waals surface area contributed by atoms with Crippen LogP contribution in [0.5, 0.6) is 23.0 Å². The predicted octanol–water partition coefficient (Wildman–Crippen LogP) is 5.69. The molecule has 4 aromatic rings. The molecule has 1 heterocycles. The number of ether oxygens (including phenoxy) is 4. The van der Waals surface area contributed by atoms with E-state index in [0.717, 1.165) is 28.1 Å². The Morgan fingerprint density at radius 2 is 1.27 bits per heavy atom. The molecule has 0 amide bonds. The molecule has 0 bridgehead atoms. The maximum absolute atomic E-state index is 14.1. The second kappa shape index (κ2) is 9.24. The molecule has 0 atom stereocenters. The van der Waals surface area contributed by atoms with Crippen molar-refractivity contribution >= 4 is 0 Å². The van der Waals surface area contributed by atoms with Crippen LogP contribution in [0.3, 0.4) is 0 Å². The largest absolute Gasteiger partial charge is 0.493 e. The number of halogens is 1. The van der Waals surface area contributed by atoms with Crippen molar-refractivity contribution in [2.24, 2.45) is 0 Å². The third kappa shape index (κ3) is 4.09. The highest BCUT2D eigenvalue weighted by molar-refractivity contribution is 5.78. The van der Waals surface area contributed by atoms with Crippen LogP contribution >= 0.6 is 0 Å². The Hall–Kier alpha value is -4.00. The van der Waals surface area contributed by atoms with Gasteiger partial charge in [0.25, 0.3) is 0 Å². The molecule has 0 unspecified atom stereocenters. The molecular weight excluding hydrogens is 423 g/mol. The molecule has 4 rings (SSSR count). The number of nitrogens with zero attached hydrogens (tertiary/aromatic N) is 2. The van der Waals surface area contributed by atoms with Gasteiger partial charge < -0.3 is 18.9 Å². The highest BCUT2D eigenvalue weighted by Crippen LogP contribution is 2.39. The molecule has 0 aliphatic heterocycles. The first-order valence-corrected chi connectivity index (χ1v) is 10.3. The molecule has 0 saturated heterocycles. The van der Waals surface area contributed by atoms with Crippen molar-refractivity contribution < 1.29 is 23.3 Å². The number of hydrogen-bond donors (Lipinski definition) is 0. The summed E-state index contributed by atoms with van der Waals surface area (Å²) in [5.74, 6) is 2.10. The molecule has 0 radical (unpaired) electrons. The molecule has 0 aliphatic carbocycles. The van der Waals surface area contributed by atoms with Gasteiger partial charge in [-0.05, 0) is 61.5 Å². The van der Waals surface area contributed by atoms with E-state index in [0.29, 0.717) is 28.7 Å². The Balaban J connectivity index is 1.97. The second-order valence-electron chi connectivity index (χ2n) is 7.35. The summed E-state index contributed by atoms with van der Waals surface area (Å²) < 4.78 is 37.6. The van der Waals surface area contributed by atoms with E-state index in [1.165, 1.54) is 12.1 Å². The predicted molar refractivity (Wildman–Crippen MR) is 125 cm³/mol. The molecule has 0 spiro atoms. The average molecular weight is 448 g/mol. The highest BCUT2D eigenvalue weighted by atomic mass is 19.1. The number of benzene rings is 3. The van der Waals surface area contributed by atoms with Crippen LogP contribution < -0.4 is 18.9 Å². The summed E-state index contributed by atoms with van der Waals surface area (Å²) in [6, 6.07) is 17.6. The second-order valence-corrected chi connectivity index (χ2v) is 7.35. The van der Waals surface area contributed by atoms with E-state index >= 15 is 0 Å². The lowest BCUT2D eigenvalue weighted by molar-refractivity contribution is 0.355. The summed E-state index contributed by atoms with van der Waals surface area (Å²) >= 11 is 0. The van der Waals surface area contributed by atoms with Crippen molar-refractivity contribution in [2.75, 3.05) is 28.4 Å². The molecule has 3 aromatic carbocycles. The molecule has 0 N–H and O–H groups in total. The summed E-state index contributed by atoms with van der Waals surface area (Å²) in [5.41, 5.74) is 4.78. The van der Waals surface area contributed by atoms with Gasteiger partial charge in [0.1, 0.15) is 5.82 Å². The standard InChI is InChI=1S/C26H25FN2O4/c1-16-25(17-9-11-21(30-2)23(13-17)32-4)28-29(20-8-6-7-19(27)15-20)26(16)18-10-12-22(31-3)24(14-18)33-5/h6-15H,1-5H3.